The zero-order valence-electron chi connectivity index (χ0n) is 11.4. The largest absolute Gasteiger partial charge is 0.388 e. The molecule has 1 saturated carbocycles. The molecular weight excluding hydrogens is 308 g/mol. The monoisotopic (exact) mass is 328 g/mol. The summed E-state index contributed by atoms with van der Waals surface area (Å²) in [5, 5.41) is 16.7. The van der Waals surface area contributed by atoms with Crippen LogP contribution in [0.1, 0.15) is 32.6 Å². The van der Waals surface area contributed by atoms with Crippen LogP contribution in [0, 0.1) is 5.92 Å². The first kappa shape index (κ1) is 14.5. The zero-order chi connectivity index (χ0) is 13.9. The lowest BCUT2D eigenvalue weighted by Gasteiger charge is -2.35. The van der Waals surface area contributed by atoms with Gasteiger partial charge in [0.25, 0.3) is 0 Å². The standard InChI is InChI=1S/C13H21BrN4O/c1-9-3-5-13(19,6-4-9)8-17-11-10(14)7-16-12(15-2)18-11/h7,9,19H,3-6,8H2,1-2H3,(H2,15,16,17,18). The summed E-state index contributed by atoms with van der Waals surface area (Å²) in [5.74, 6) is 2.00. The van der Waals surface area contributed by atoms with Gasteiger partial charge < -0.3 is 15.7 Å². The van der Waals surface area contributed by atoms with Gasteiger partial charge in [-0.05, 0) is 47.5 Å². The van der Waals surface area contributed by atoms with Gasteiger partial charge in [-0.25, -0.2) is 4.98 Å². The van der Waals surface area contributed by atoms with Gasteiger partial charge in [0, 0.05) is 19.8 Å². The van der Waals surface area contributed by atoms with Crippen LogP contribution < -0.4 is 10.6 Å². The smallest absolute Gasteiger partial charge is 0.224 e. The van der Waals surface area contributed by atoms with Gasteiger partial charge in [0.05, 0.1) is 10.1 Å². The molecule has 6 heteroatoms. The van der Waals surface area contributed by atoms with Crippen molar-refractivity contribution < 1.29 is 5.11 Å². The van der Waals surface area contributed by atoms with Crippen molar-refractivity contribution >= 4 is 27.7 Å². The fourth-order valence-electron chi connectivity index (χ4n) is 2.34. The topological polar surface area (TPSA) is 70.1 Å². The van der Waals surface area contributed by atoms with Crippen LogP contribution in [0.25, 0.3) is 0 Å². The Morgan fingerprint density at radius 1 is 1.47 bits per heavy atom. The van der Waals surface area contributed by atoms with Crippen molar-refractivity contribution in [2.24, 2.45) is 5.92 Å². The number of aromatic nitrogens is 2. The molecule has 0 spiro atoms. The second-order valence-corrected chi connectivity index (χ2v) is 6.25. The van der Waals surface area contributed by atoms with Crippen molar-refractivity contribution in [3.63, 3.8) is 0 Å². The minimum absolute atomic E-state index is 0.526. The predicted molar refractivity (Wildman–Crippen MR) is 80.4 cm³/mol. The van der Waals surface area contributed by atoms with Gasteiger partial charge in [-0.2, -0.15) is 4.98 Å². The number of anilines is 2. The molecule has 0 atom stereocenters. The lowest BCUT2D eigenvalue weighted by molar-refractivity contribution is 0.00493. The molecule has 0 unspecified atom stereocenters. The van der Waals surface area contributed by atoms with E-state index in [4.69, 9.17) is 0 Å². The van der Waals surface area contributed by atoms with Crippen molar-refractivity contribution in [3.05, 3.63) is 10.7 Å². The van der Waals surface area contributed by atoms with E-state index in [0.29, 0.717) is 18.3 Å². The van der Waals surface area contributed by atoms with Crippen LogP contribution in [0.5, 0.6) is 0 Å². The van der Waals surface area contributed by atoms with E-state index in [-0.39, 0.29) is 0 Å². The molecule has 19 heavy (non-hydrogen) atoms. The molecular formula is C13H21BrN4O. The van der Waals surface area contributed by atoms with E-state index in [1.807, 2.05) is 0 Å². The Hall–Kier alpha value is -0.880. The maximum Gasteiger partial charge on any atom is 0.224 e. The quantitative estimate of drug-likeness (QED) is 0.792. The molecule has 0 saturated heterocycles. The molecule has 0 amide bonds. The molecule has 106 valence electrons. The lowest BCUT2D eigenvalue weighted by Crippen LogP contribution is -2.40. The van der Waals surface area contributed by atoms with E-state index in [1.54, 1.807) is 13.2 Å². The lowest BCUT2D eigenvalue weighted by atomic mass is 9.79. The van der Waals surface area contributed by atoms with Crippen LogP contribution in [0.15, 0.2) is 10.7 Å². The minimum Gasteiger partial charge on any atom is -0.388 e. The molecule has 2 rings (SSSR count). The van der Waals surface area contributed by atoms with Gasteiger partial charge in [0.2, 0.25) is 5.95 Å². The van der Waals surface area contributed by atoms with E-state index < -0.39 is 5.60 Å². The Labute approximate surface area is 122 Å². The van der Waals surface area contributed by atoms with E-state index in [1.165, 1.54) is 0 Å². The van der Waals surface area contributed by atoms with Gasteiger partial charge in [0.15, 0.2) is 0 Å². The van der Waals surface area contributed by atoms with Crippen LogP contribution in [0.4, 0.5) is 11.8 Å². The highest BCUT2D eigenvalue weighted by molar-refractivity contribution is 9.10. The van der Waals surface area contributed by atoms with Gasteiger partial charge in [0.1, 0.15) is 5.82 Å². The van der Waals surface area contributed by atoms with E-state index >= 15 is 0 Å². The Bertz CT molecular complexity index is 433. The fourth-order valence-corrected chi connectivity index (χ4v) is 2.67. The third-order valence-electron chi connectivity index (χ3n) is 3.76. The van der Waals surface area contributed by atoms with Gasteiger partial charge in [-0.15, -0.1) is 0 Å². The van der Waals surface area contributed by atoms with Crippen LogP contribution in [-0.4, -0.2) is 34.3 Å². The van der Waals surface area contributed by atoms with Crippen molar-refractivity contribution in [2.45, 2.75) is 38.2 Å². The first-order chi connectivity index (χ1) is 9.02. The maximum atomic E-state index is 10.5. The van der Waals surface area contributed by atoms with E-state index in [2.05, 4.69) is 43.5 Å². The number of aliphatic hydroxyl groups is 1. The molecule has 3 N–H and O–H groups in total. The van der Waals surface area contributed by atoms with Crippen LogP contribution in [0.3, 0.4) is 0 Å². The molecule has 0 radical (unpaired) electrons. The van der Waals surface area contributed by atoms with E-state index in [0.717, 1.165) is 36.1 Å². The predicted octanol–water partition coefficient (Wildman–Crippen LogP) is 2.63. The summed E-state index contributed by atoms with van der Waals surface area (Å²) < 4.78 is 0.805. The average Bonchev–Trinajstić information content (AvgIpc) is 2.42. The molecule has 1 aromatic heterocycles. The summed E-state index contributed by atoms with van der Waals surface area (Å²) in [4.78, 5) is 8.44. The van der Waals surface area contributed by atoms with Crippen molar-refractivity contribution in [2.75, 3.05) is 24.2 Å². The molecule has 1 aliphatic carbocycles. The zero-order valence-corrected chi connectivity index (χ0v) is 13.0. The van der Waals surface area contributed by atoms with Crippen LogP contribution in [0.2, 0.25) is 0 Å². The second-order valence-electron chi connectivity index (χ2n) is 5.40. The number of hydrogen-bond donors (Lipinski definition) is 3. The Morgan fingerprint density at radius 3 is 2.79 bits per heavy atom. The summed E-state index contributed by atoms with van der Waals surface area (Å²) >= 11 is 3.41. The first-order valence-corrected chi connectivity index (χ1v) is 7.48. The summed E-state index contributed by atoms with van der Waals surface area (Å²) in [6.45, 7) is 2.77. The maximum absolute atomic E-state index is 10.5. The third kappa shape index (κ3) is 3.79. The van der Waals surface area contributed by atoms with E-state index in [9.17, 15) is 5.11 Å². The number of nitrogens with zero attached hydrogens (tertiary/aromatic N) is 2. The molecule has 1 fully saturated rings. The SMILES string of the molecule is CNc1ncc(Br)c(NCC2(O)CCC(C)CC2)n1. The molecule has 1 aromatic rings. The highest BCUT2D eigenvalue weighted by Gasteiger charge is 2.31. The van der Waals surface area contributed by atoms with Crippen LogP contribution in [-0.2, 0) is 0 Å². The summed E-state index contributed by atoms with van der Waals surface area (Å²) in [7, 11) is 1.78. The summed E-state index contributed by atoms with van der Waals surface area (Å²) in [6, 6.07) is 0. The number of hydrogen-bond acceptors (Lipinski definition) is 5. The molecule has 0 bridgehead atoms. The average molecular weight is 329 g/mol. The number of rotatable bonds is 4. The Morgan fingerprint density at radius 2 is 2.16 bits per heavy atom. The molecule has 1 heterocycles. The van der Waals surface area contributed by atoms with Crippen LogP contribution >= 0.6 is 15.9 Å². The molecule has 0 aromatic carbocycles. The second kappa shape index (κ2) is 6.05. The summed E-state index contributed by atoms with van der Waals surface area (Å²) in [5.41, 5.74) is -0.614. The van der Waals surface area contributed by atoms with Crippen molar-refractivity contribution in [1.82, 2.24) is 9.97 Å². The fraction of sp³-hybridized carbons (Fsp3) is 0.692. The number of nitrogens with one attached hydrogen (secondary N) is 2. The van der Waals surface area contributed by atoms with Crippen molar-refractivity contribution in [1.29, 1.82) is 0 Å². The van der Waals surface area contributed by atoms with Gasteiger partial charge in [-0.1, -0.05) is 6.92 Å². The minimum atomic E-state index is -0.614. The Kier molecular flexibility index (Phi) is 4.62. The highest BCUT2D eigenvalue weighted by atomic mass is 79.9. The first-order valence-electron chi connectivity index (χ1n) is 6.69. The Balaban J connectivity index is 1.98. The highest BCUT2D eigenvalue weighted by Crippen LogP contribution is 2.32. The molecule has 0 aliphatic heterocycles. The summed E-state index contributed by atoms with van der Waals surface area (Å²) in [6.07, 6.45) is 5.58. The van der Waals surface area contributed by atoms with Crippen molar-refractivity contribution in [3.8, 4) is 0 Å². The molecule has 1 aliphatic rings. The molecule has 5 nitrogen and oxygen atoms in total. The van der Waals surface area contributed by atoms with Gasteiger partial charge >= 0.3 is 0 Å². The number of halogens is 1. The normalized spacial score (nSPS) is 27.1. The van der Waals surface area contributed by atoms with Gasteiger partial charge in [-0.3, -0.25) is 0 Å². The third-order valence-corrected chi connectivity index (χ3v) is 4.34.